The van der Waals surface area contributed by atoms with Gasteiger partial charge in [-0.3, -0.25) is 19.2 Å². The quantitative estimate of drug-likeness (QED) is 0.359. The Morgan fingerprint density at radius 3 is 1.76 bits per heavy atom. The molecular formula is C17H24O12. The van der Waals surface area contributed by atoms with Crippen LogP contribution in [0.1, 0.15) is 27.7 Å². The minimum Gasteiger partial charge on any atom is -0.467 e. The Labute approximate surface area is 166 Å². The summed E-state index contributed by atoms with van der Waals surface area (Å²) >= 11 is 0. The summed E-state index contributed by atoms with van der Waals surface area (Å²) in [5.74, 6) is -3.70. The lowest BCUT2D eigenvalue weighted by atomic mass is 9.98. The molecular weight excluding hydrogens is 396 g/mol. The highest BCUT2D eigenvalue weighted by atomic mass is 16.7. The molecule has 0 aromatic heterocycles. The molecule has 164 valence electrons. The number of hydrogen-bond acceptors (Lipinski definition) is 12. The van der Waals surface area contributed by atoms with Crippen LogP contribution in [0.5, 0.6) is 0 Å². The fourth-order valence-electron chi connectivity index (χ4n) is 2.53. The topological polar surface area (TPSA) is 150 Å². The third-order valence-electron chi connectivity index (χ3n) is 3.54. The Morgan fingerprint density at radius 2 is 1.28 bits per heavy atom. The highest BCUT2D eigenvalue weighted by Crippen LogP contribution is 2.29. The normalized spacial score (nSPS) is 26.0. The molecule has 0 bridgehead atoms. The molecule has 0 unspecified atom stereocenters. The molecule has 0 spiro atoms. The smallest absolute Gasteiger partial charge is 0.331 e. The zero-order valence-electron chi connectivity index (χ0n) is 16.7. The number of esters is 5. The van der Waals surface area contributed by atoms with E-state index in [0.717, 1.165) is 34.8 Å². The second-order valence-corrected chi connectivity index (χ2v) is 5.95. The molecule has 12 heteroatoms. The number of methoxy groups -OCH3 is 1. The Morgan fingerprint density at radius 1 is 0.759 bits per heavy atom. The van der Waals surface area contributed by atoms with E-state index in [1.807, 2.05) is 0 Å². The van der Waals surface area contributed by atoms with Gasteiger partial charge in [-0.2, -0.15) is 0 Å². The minimum absolute atomic E-state index is 0.393. The van der Waals surface area contributed by atoms with Crippen LogP contribution in [0.15, 0.2) is 0 Å². The van der Waals surface area contributed by atoms with E-state index >= 15 is 0 Å². The highest BCUT2D eigenvalue weighted by molar-refractivity contribution is 5.70. The van der Waals surface area contributed by atoms with Gasteiger partial charge >= 0.3 is 29.8 Å². The van der Waals surface area contributed by atoms with Crippen molar-refractivity contribution in [2.24, 2.45) is 0 Å². The van der Waals surface area contributed by atoms with Crippen molar-refractivity contribution < 1.29 is 57.1 Å². The molecule has 1 rings (SSSR count). The van der Waals surface area contributed by atoms with E-state index in [2.05, 4.69) is 4.74 Å². The average Bonchev–Trinajstić information content (AvgIpc) is 2.60. The summed E-state index contributed by atoms with van der Waals surface area (Å²) in [4.78, 5) is 57.4. The monoisotopic (exact) mass is 420 g/mol. The fraction of sp³-hybridized carbons (Fsp3) is 0.706. The predicted octanol–water partition coefficient (Wildman–Crippen LogP) is -0.741. The average molecular weight is 420 g/mol. The molecule has 1 aliphatic heterocycles. The lowest BCUT2D eigenvalue weighted by molar-refractivity contribution is -0.307. The molecule has 1 aliphatic rings. The third-order valence-corrected chi connectivity index (χ3v) is 3.54. The first kappa shape index (κ1) is 24.3. The van der Waals surface area contributed by atoms with Crippen molar-refractivity contribution in [3.8, 4) is 0 Å². The minimum atomic E-state index is -1.42. The van der Waals surface area contributed by atoms with Crippen LogP contribution in [0.2, 0.25) is 0 Å². The number of carbonyl (C=O) groups excluding carboxylic acids is 5. The van der Waals surface area contributed by atoms with Crippen LogP contribution < -0.4 is 0 Å². The van der Waals surface area contributed by atoms with Crippen LogP contribution in [-0.2, 0) is 57.1 Å². The van der Waals surface area contributed by atoms with Crippen molar-refractivity contribution in [3.63, 3.8) is 0 Å². The number of ether oxygens (including phenoxy) is 7. The van der Waals surface area contributed by atoms with Crippen molar-refractivity contribution in [1.29, 1.82) is 0 Å². The first-order chi connectivity index (χ1) is 13.5. The van der Waals surface area contributed by atoms with Gasteiger partial charge in [-0.05, 0) is 0 Å². The van der Waals surface area contributed by atoms with Crippen LogP contribution in [0.4, 0.5) is 0 Å². The van der Waals surface area contributed by atoms with Crippen molar-refractivity contribution in [2.45, 2.75) is 58.4 Å². The van der Waals surface area contributed by atoms with Gasteiger partial charge in [-0.25, -0.2) is 4.79 Å². The van der Waals surface area contributed by atoms with Crippen molar-refractivity contribution >= 4 is 29.8 Å². The molecule has 5 atom stereocenters. The van der Waals surface area contributed by atoms with E-state index in [1.54, 1.807) is 0 Å². The summed E-state index contributed by atoms with van der Waals surface area (Å²) in [5, 5.41) is 0. The first-order valence-electron chi connectivity index (χ1n) is 8.54. The Balaban J connectivity index is 3.26. The lowest BCUT2D eigenvalue weighted by Crippen LogP contribution is -2.63. The van der Waals surface area contributed by atoms with E-state index < -0.39 is 73.8 Å². The van der Waals surface area contributed by atoms with E-state index in [0.29, 0.717) is 0 Å². The van der Waals surface area contributed by atoms with Gasteiger partial charge in [0.1, 0.15) is 19.3 Å². The van der Waals surface area contributed by atoms with Gasteiger partial charge in [0.05, 0.1) is 7.11 Å². The zero-order valence-corrected chi connectivity index (χ0v) is 16.7. The maximum Gasteiger partial charge on any atom is 0.331 e. The molecule has 0 aliphatic carbocycles. The number of hydrogen-bond donors (Lipinski definition) is 0. The molecule has 0 aromatic carbocycles. The largest absolute Gasteiger partial charge is 0.467 e. The molecule has 0 radical (unpaired) electrons. The number of carbonyl (C=O) groups is 5. The van der Waals surface area contributed by atoms with E-state index in [-0.39, 0.29) is 0 Å². The van der Waals surface area contributed by atoms with Gasteiger partial charge in [0.15, 0.2) is 24.6 Å². The summed E-state index contributed by atoms with van der Waals surface area (Å²) in [6.45, 7) is 3.47. The highest BCUT2D eigenvalue weighted by Gasteiger charge is 2.52. The van der Waals surface area contributed by atoms with Gasteiger partial charge < -0.3 is 33.2 Å². The van der Waals surface area contributed by atoms with Gasteiger partial charge in [0, 0.05) is 27.7 Å². The Hall–Kier alpha value is -2.73. The molecule has 29 heavy (non-hydrogen) atoms. The van der Waals surface area contributed by atoms with Crippen molar-refractivity contribution in [1.82, 2.24) is 0 Å². The van der Waals surface area contributed by atoms with E-state index in [9.17, 15) is 24.0 Å². The van der Waals surface area contributed by atoms with E-state index in [4.69, 9.17) is 28.4 Å². The molecule has 1 heterocycles. The zero-order chi connectivity index (χ0) is 22.1. The van der Waals surface area contributed by atoms with Crippen LogP contribution in [0.25, 0.3) is 0 Å². The van der Waals surface area contributed by atoms with Gasteiger partial charge in [-0.1, -0.05) is 0 Å². The fourth-order valence-corrected chi connectivity index (χ4v) is 2.53. The Kier molecular flexibility index (Phi) is 9.48. The van der Waals surface area contributed by atoms with Crippen molar-refractivity contribution in [2.75, 3.05) is 20.3 Å². The summed E-state index contributed by atoms with van der Waals surface area (Å²) in [6.07, 6.45) is -6.62. The van der Waals surface area contributed by atoms with Crippen LogP contribution >= 0.6 is 0 Å². The maximum atomic E-state index is 11.6. The van der Waals surface area contributed by atoms with Crippen LogP contribution in [0.3, 0.4) is 0 Å². The van der Waals surface area contributed by atoms with Gasteiger partial charge in [0.25, 0.3) is 0 Å². The van der Waals surface area contributed by atoms with Gasteiger partial charge in [-0.15, -0.1) is 0 Å². The predicted molar refractivity (Wildman–Crippen MR) is 89.9 cm³/mol. The Bertz CT molecular complexity index is 630. The molecule has 0 amide bonds. The molecule has 1 saturated heterocycles. The molecule has 12 nitrogen and oxygen atoms in total. The second-order valence-electron chi connectivity index (χ2n) is 5.95. The molecule has 0 aromatic rings. The molecule has 0 saturated carbocycles. The van der Waals surface area contributed by atoms with E-state index in [1.165, 1.54) is 0 Å². The molecule has 1 fully saturated rings. The standard InChI is InChI=1S/C17H24O12/c1-8(18)24-6-12-14(26-9(2)19)15(27-10(3)20)16(28-11(4)21)17(29-12)25-7-13(22)23-5/h12,14-17H,6-7H2,1-5H3/t12-,14-,15+,16-,17+/m1/s1. The third kappa shape index (κ3) is 8.03. The summed E-state index contributed by atoms with van der Waals surface area (Å²) < 4.78 is 35.9. The van der Waals surface area contributed by atoms with Gasteiger partial charge in [0.2, 0.25) is 0 Å². The first-order valence-corrected chi connectivity index (χ1v) is 8.54. The maximum absolute atomic E-state index is 11.6. The number of rotatable bonds is 8. The second kappa shape index (κ2) is 11.3. The SMILES string of the molecule is COC(=O)CO[C@H]1O[C@H](COC(C)=O)[C@@H](OC(C)=O)[C@H](OC(C)=O)[C@H]1OC(C)=O. The van der Waals surface area contributed by atoms with Crippen molar-refractivity contribution in [3.05, 3.63) is 0 Å². The summed E-state index contributed by atoms with van der Waals surface area (Å²) in [5.41, 5.74) is 0. The van der Waals surface area contributed by atoms with Crippen LogP contribution in [-0.4, -0.2) is 80.9 Å². The summed E-state index contributed by atoms with van der Waals surface area (Å²) in [7, 11) is 1.14. The van der Waals surface area contributed by atoms with Crippen LogP contribution in [0, 0.1) is 0 Å². The lowest BCUT2D eigenvalue weighted by Gasteiger charge is -2.43. The molecule has 0 N–H and O–H groups in total. The summed E-state index contributed by atoms with van der Waals surface area (Å²) in [6, 6.07) is 0.